The molecule has 1 unspecified atom stereocenters. The van der Waals surface area contributed by atoms with Gasteiger partial charge in [-0.15, -0.1) is 0 Å². The molecule has 0 aromatic rings. The van der Waals surface area contributed by atoms with Crippen LogP contribution in [-0.2, 0) is 4.74 Å². The van der Waals surface area contributed by atoms with Gasteiger partial charge in [0.2, 0.25) is 0 Å². The minimum Gasteiger partial charge on any atom is -0.381 e. The summed E-state index contributed by atoms with van der Waals surface area (Å²) in [7, 11) is 2.18. The lowest BCUT2D eigenvalue weighted by Gasteiger charge is -2.37. The number of hydrogen-bond acceptors (Lipinski definition) is 3. The van der Waals surface area contributed by atoms with E-state index in [2.05, 4.69) is 25.8 Å². The Morgan fingerprint density at radius 1 is 1.40 bits per heavy atom. The molecule has 0 amide bonds. The third-order valence-corrected chi connectivity index (χ3v) is 3.39. The molecule has 0 spiro atoms. The molecule has 1 aliphatic heterocycles. The molecule has 3 nitrogen and oxygen atoms in total. The fraction of sp³-hybridized carbons (Fsp3) is 1.00. The van der Waals surface area contributed by atoms with Crippen molar-refractivity contribution in [2.45, 2.75) is 38.6 Å². The van der Waals surface area contributed by atoms with E-state index in [0.717, 1.165) is 45.1 Å². The topological polar surface area (TPSA) is 38.5 Å². The van der Waals surface area contributed by atoms with Gasteiger partial charge in [-0.2, -0.15) is 0 Å². The molecule has 0 saturated carbocycles. The van der Waals surface area contributed by atoms with Gasteiger partial charge in [0.1, 0.15) is 0 Å². The van der Waals surface area contributed by atoms with Crippen LogP contribution in [-0.4, -0.2) is 43.8 Å². The maximum Gasteiger partial charge on any atom is 0.0484 e. The molecule has 15 heavy (non-hydrogen) atoms. The molecular weight excluding hydrogens is 188 g/mol. The molecule has 1 saturated heterocycles. The Balaban J connectivity index is 2.31. The van der Waals surface area contributed by atoms with Gasteiger partial charge < -0.3 is 15.4 Å². The molecule has 1 heterocycles. The van der Waals surface area contributed by atoms with E-state index in [4.69, 9.17) is 10.5 Å². The SMILES string of the molecule is CCC(C)CN(C)CC1(N)CCOCC1. The van der Waals surface area contributed by atoms with Crippen LogP contribution >= 0.6 is 0 Å². The van der Waals surface area contributed by atoms with Gasteiger partial charge in [-0.1, -0.05) is 20.3 Å². The Labute approximate surface area is 94.0 Å². The van der Waals surface area contributed by atoms with Crippen molar-refractivity contribution >= 4 is 0 Å². The molecule has 1 fully saturated rings. The van der Waals surface area contributed by atoms with Crippen LogP contribution in [0.15, 0.2) is 0 Å². The van der Waals surface area contributed by atoms with Crippen LogP contribution in [0.1, 0.15) is 33.1 Å². The highest BCUT2D eigenvalue weighted by atomic mass is 16.5. The highest BCUT2D eigenvalue weighted by molar-refractivity contribution is 4.89. The minimum absolute atomic E-state index is 0.0134. The van der Waals surface area contributed by atoms with E-state index in [-0.39, 0.29) is 5.54 Å². The van der Waals surface area contributed by atoms with Gasteiger partial charge in [0, 0.05) is 31.8 Å². The largest absolute Gasteiger partial charge is 0.381 e. The van der Waals surface area contributed by atoms with Crippen LogP contribution in [0.3, 0.4) is 0 Å². The Kier molecular flexibility index (Phi) is 5.03. The number of rotatable bonds is 5. The summed E-state index contributed by atoms with van der Waals surface area (Å²) in [4.78, 5) is 2.37. The van der Waals surface area contributed by atoms with Crippen LogP contribution in [0, 0.1) is 5.92 Å². The normalized spacial score (nSPS) is 23.0. The van der Waals surface area contributed by atoms with Crippen LogP contribution in [0.4, 0.5) is 0 Å². The van der Waals surface area contributed by atoms with Crippen LogP contribution in [0.25, 0.3) is 0 Å². The Morgan fingerprint density at radius 3 is 2.53 bits per heavy atom. The van der Waals surface area contributed by atoms with E-state index in [0.29, 0.717) is 0 Å². The molecule has 1 aliphatic rings. The minimum atomic E-state index is -0.0134. The molecule has 0 aliphatic carbocycles. The summed E-state index contributed by atoms with van der Waals surface area (Å²) >= 11 is 0. The Hall–Kier alpha value is -0.120. The highest BCUT2D eigenvalue weighted by Crippen LogP contribution is 2.19. The second-order valence-corrected chi connectivity index (χ2v) is 5.18. The maximum absolute atomic E-state index is 6.36. The first kappa shape index (κ1) is 12.9. The van der Waals surface area contributed by atoms with E-state index in [9.17, 15) is 0 Å². The first-order valence-corrected chi connectivity index (χ1v) is 6.11. The van der Waals surface area contributed by atoms with Crippen molar-refractivity contribution in [3.8, 4) is 0 Å². The van der Waals surface area contributed by atoms with Crippen LogP contribution in [0.5, 0.6) is 0 Å². The van der Waals surface area contributed by atoms with Crippen molar-refractivity contribution in [3.05, 3.63) is 0 Å². The van der Waals surface area contributed by atoms with Gasteiger partial charge in [0.05, 0.1) is 0 Å². The quantitative estimate of drug-likeness (QED) is 0.753. The smallest absolute Gasteiger partial charge is 0.0484 e. The second-order valence-electron chi connectivity index (χ2n) is 5.18. The monoisotopic (exact) mass is 214 g/mol. The van der Waals surface area contributed by atoms with Crippen molar-refractivity contribution in [3.63, 3.8) is 0 Å². The summed E-state index contributed by atoms with van der Waals surface area (Å²) in [6.45, 7) is 8.34. The molecule has 90 valence electrons. The molecule has 2 N–H and O–H groups in total. The molecule has 0 radical (unpaired) electrons. The fourth-order valence-corrected chi connectivity index (χ4v) is 2.20. The maximum atomic E-state index is 6.36. The fourth-order valence-electron chi connectivity index (χ4n) is 2.20. The predicted octanol–water partition coefficient (Wildman–Crippen LogP) is 1.47. The van der Waals surface area contributed by atoms with Gasteiger partial charge in [-0.3, -0.25) is 0 Å². The summed E-state index contributed by atoms with van der Waals surface area (Å²) in [6.07, 6.45) is 3.24. The van der Waals surface area contributed by atoms with E-state index in [1.165, 1.54) is 6.42 Å². The molecule has 0 bridgehead atoms. The van der Waals surface area contributed by atoms with Gasteiger partial charge in [-0.25, -0.2) is 0 Å². The van der Waals surface area contributed by atoms with Gasteiger partial charge >= 0.3 is 0 Å². The lowest BCUT2D eigenvalue weighted by Crippen LogP contribution is -2.53. The Bertz CT molecular complexity index is 178. The first-order chi connectivity index (χ1) is 7.06. The number of likely N-dealkylation sites (N-methyl/N-ethyl adjacent to an activating group) is 1. The zero-order chi connectivity index (χ0) is 11.3. The lowest BCUT2D eigenvalue weighted by atomic mass is 9.90. The van der Waals surface area contributed by atoms with Crippen LogP contribution in [0.2, 0.25) is 0 Å². The first-order valence-electron chi connectivity index (χ1n) is 6.11. The second kappa shape index (κ2) is 5.83. The molecular formula is C12H26N2O. The highest BCUT2D eigenvalue weighted by Gasteiger charge is 2.29. The molecule has 1 atom stereocenters. The molecule has 0 aromatic carbocycles. The van der Waals surface area contributed by atoms with Crippen molar-refractivity contribution in [1.29, 1.82) is 0 Å². The van der Waals surface area contributed by atoms with Crippen molar-refractivity contribution in [2.75, 3.05) is 33.4 Å². The zero-order valence-electron chi connectivity index (χ0n) is 10.5. The van der Waals surface area contributed by atoms with Crippen molar-refractivity contribution in [2.24, 2.45) is 11.7 Å². The van der Waals surface area contributed by atoms with E-state index in [1.54, 1.807) is 0 Å². The van der Waals surface area contributed by atoms with Gasteiger partial charge in [-0.05, 0) is 25.8 Å². The van der Waals surface area contributed by atoms with Crippen molar-refractivity contribution < 1.29 is 4.74 Å². The number of nitrogens with zero attached hydrogens (tertiary/aromatic N) is 1. The number of hydrogen-bond donors (Lipinski definition) is 1. The number of nitrogens with two attached hydrogens (primary N) is 1. The van der Waals surface area contributed by atoms with Crippen molar-refractivity contribution in [1.82, 2.24) is 4.90 Å². The predicted molar refractivity (Wildman–Crippen MR) is 63.9 cm³/mol. The Morgan fingerprint density at radius 2 is 2.00 bits per heavy atom. The van der Waals surface area contributed by atoms with E-state index >= 15 is 0 Å². The van der Waals surface area contributed by atoms with E-state index in [1.807, 2.05) is 0 Å². The number of ether oxygens (including phenoxy) is 1. The molecule has 1 rings (SSSR count). The standard InChI is InChI=1S/C12H26N2O/c1-4-11(2)9-14(3)10-12(13)5-7-15-8-6-12/h11H,4-10,13H2,1-3H3. The average Bonchev–Trinajstić information content (AvgIpc) is 2.17. The third-order valence-electron chi connectivity index (χ3n) is 3.39. The van der Waals surface area contributed by atoms with Gasteiger partial charge in [0.25, 0.3) is 0 Å². The lowest BCUT2D eigenvalue weighted by molar-refractivity contribution is 0.0396. The summed E-state index contributed by atoms with van der Waals surface area (Å²) in [5.74, 6) is 0.762. The molecule has 0 aromatic heterocycles. The average molecular weight is 214 g/mol. The summed E-state index contributed by atoms with van der Waals surface area (Å²) in [5.41, 5.74) is 6.34. The van der Waals surface area contributed by atoms with E-state index < -0.39 is 0 Å². The van der Waals surface area contributed by atoms with Gasteiger partial charge in [0.15, 0.2) is 0 Å². The molecule has 3 heteroatoms. The van der Waals surface area contributed by atoms with Crippen LogP contribution < -0.4 is 5.73 Å². The summed E-state index contributed by atoms with van der Waals surface area (Å²) in [6, 6.07) is 0. The summed E-state index contributed by atoms with van der Waals surface area (Å²) in [5, 5.41) is 0. The zero-order valence-corrected chi connectivity index (χ0v) is 10.5. The third kappa shape index (κ3) is 4.49. The summed E-state index contributed by atoms with van der Waals surface area (Å²) < 4.78 is 5.35.